The molecular weight excluding hydrogens is 192 g/mol. The van der Waals surface area contributed by atoms with Crippen molar-refractivity contribution in [1.29, 1.82) is 0 Å². The molecule has 15 heavy (non-hydrogen) atoms. The van der Waals surface area contributed by atoms with E-state index in [1.807, 2.05) is 18.5 Å². The van der Waals surface area contributed by atoms with Gasteiger partial charge in [0, 0.05) is 18.7 Å². The van der Waals surface area contributed by atoms with Gasteiger partial charge in [0.15, 0.2) is 0 Å². The Kier molecular flexibility index (Phi) is 3.88. The summed E-state index contributed by atoms with van der Waals surface area (Å²) >= 11 is 0. The molecule has 1 aromatic heterocycles. The van der Waals surface area contributed by atoms with Crippen molar-refractivity contribution in [2.45, 2.75) is 46.6 Å². The van der Waals surface area contributed by atoms with Crippen molar-refractivity contribution in [3.05, 3.63) is 17.0 Å². The molecule has 0 aliphatic heterocycles. The fourth-order valence-corrected chi connectivity index (χ4v) is 1.84. The van der Waals surface area contributed by atoms with E-state index >= 15 is 0 Å². The van der Waals surface area contributed by atoms with Crippen LogP contribution in [0, 0.1) is 13.8 Å². The largest absolute Gasteiger partial charge is 0.481 e. The summed E-state index contributed by atoms with van der Waals surface area (Å²) in [6.45, 7) is 6.84. The Labute approximate surface area is 89.9 Å². The van der Waals surface area contributed by atoms with Gasteiger partial charge in [0.25, 0.3) is 0 Å². The average Bonchev–Trinajstić information content (AvgIpc) is 2.41. The number of aryl methyl sites for hydroxylation is 2. The second-order valence-electron chi connectivity index (χ2n) is 3.72. The van der Waals surface area contributed by atoms with Gasteiger partial charge in [-0.15, -0.1) is 0 Å². The minimum atomic E-state index is -0.743. The molecule has 0 fully saturated rings. The first-order valence-electron chi connectivity index (χ1n) is 5.31. The van der Waals surface area contributed by atoms with Gasteiger partial charge in [-0.3, -0.25) is 9.48 Å². The Morgan fingerprint density at radius 2 is 2.13 bits per heavy atom. The predicted molar refractivity (Wildman–Crippen MR) is 57.9 cm³/mol. The first kappa shape index (κ1) is 11.8. The van der Waals surface area contributed by atoms with Crippen molar-refractivity contribution in [3.8, 4) is 0 Å². The first-order chi connectivity index (χ1) is 7.06. The Morgan fingerprint density at radius 3 is 2.60 bits per heavy atom. The summed E-state index contributed by atoms with van der Waals surface area (Å²) in [5.41, 5.74) is 3.51. The second-order valence-corrected chi connectivity index (χ2v) is 3.72. The van der Waals surface area contributed by atoms with Gasteiger partial charge in [-0.2, -0.15) is 5.10 Å². The van der Waals surface area contributed by atoms with Crippen LogP contribution in [0.15, 0.2) is 0 Å². The molecule has 1 N–H and O–H groups in total. The Hall–Kier alpha value is -1.32. The van der Waals surface area contributed by atoms with E-state index in [0.717, 1.165) is 12.1 Å². The number of carboxylic acid groups (broad SMARTS) is 1. The van der Waals surface area contributed by atoms with E-state index in [-0.39, 0.29) is 6.42 Å². The third kappa shape index (κ3) is 2.81. The van der Waals surface area contributed by atoms with Crippen molar-refractivity contribution in [3.63, 3.8) is 0 Å². The van der Waals surface area contributed by atoms with Gasteiger partial charge in [0.1, 0.15) is 0 Å². The predicted octanol–water partition coefficient (Wildman–Crippen LogP) is 1.93. The first-order valence-corrected chi connectivity index (χ1v) is 5.31. The number of aliphatic carboxylic acids is 1. The second kappa shape index (κ2) is 4.96. The number of nitrogens with zero attached hydrogens (tertiary/aromatic N) is 2. The monoisotopic (exact) mass is 210 g/mol. The molecule has 0 aliphatic rings. The number of carboxylic acids is 1. The zero-order valence-electron chi connectivity index (χ0n) is 9.58. The van der Waals surface area contributed by atoms with Crippen LogP contribution in [0.4, 0.5) is 0 Å². The quantitative estimate of drug-likeness (QED) is 0.807. The molecule has 84 valence electrons. The van der Waals surface area contributed by atoms with Crippen molar-refractivity contribution >= 4 is 5.97 Å². The standard InChI is InChI=1S/C11H18N2O2/c1-4-10-8(2)12-13(9(10)3)7-5-6-11(14)15/h4-7H2,1-3H3,(H,14,15). The molecule has 0 saturated heterocycles. The lowest BCUT2D eigenvalue weighted by Gasteiger charge is -2.03. The zero-order chi connectivity index (χ0) is 11.4. The van der Waals surface area contributed by atoms with Gasteiger partial charge in [-0.1, -0.05) is 6.92 Å². The lowest BCUT2D eigenvalue weighted by Crippen LogP contribution is -2.05. The maximum Gasteiger partial charge on any atom is 0.303 e. The SMILES string of the molecule is CCc1c(C)nn(CCCC(=O)O)c1C. The van der Waals surface area contributed by atoms with E-state index in [1.165, 1.54) is 11.3 Å². The van der Waals surface area contributed by atoms with Crippen molar-refractivity contribution in [1.82, 2.24) is 9.78 Å². The number of carbonyl (C=O) groups is 1. The highest BCUT2D eigenvalue weighted by Crippen LogP contribution is 2.13. The van der Waals surface area contributed by atoms with Crippen molar-refractivity contribution in [2.24, 2.45) is 0 Å². The van der Waals surface area contributed by atoms with Crippen LogP contribution in [0.2, 0.25) is 0 Å². The van der Waals surface area contributed by atoms with E-state index in [4.69, 9.17) is 5.11 Å². The van der Waals surface area contributed by atoms with Crippen LogP contribution in [-0.4, -0.2) is 20.9 Å². The normalized spacial score (nSPS) is 10.6. The summed E-state index contributed by atoms with van der Waals surface area (Å²) in [6, 6.07) is 0. The maximum atomic E-state index is 10.4. The number of aromatic nitrogens is 2. The minimum Gasteiger partial charge on any atom is -0.481 e. The Bertz CT molecular complexity index is 356. The summed E-state index contributed by atoms with van der Waals surface area (Å²) < 4.78 is 1.91. The highest BCUT2D eigenvalue weighted by molar-refractivity contribution is 5.66. The lowest BCUT2D eigenvalue weighted by atomic mass is 10.1. The number of hydrogen-bond acceptors (Lipinski definition) is 2. The smallest absolute Gasteiger partial charge is 0.303 e. The molecule has 0 saturated carbocycles. The molecular formula is C11H18N2O2. The van der Waals surface area contributed by atoms with Gasteiger partial charge in [0.05, 0.1) is 5.69 Å². The molecule has 1 aromatic rings. The molecule has 0 bridgehead atoms. The summed E-state index contributed by atoms with van der Waals surface area (Å²) in [5, 5.41) is 12.9. The fraction of sp³-hybridized carbons (Fsp3) is 0.636. The molecule has 0 radical (unpaired) electrons. The highest BCUT2D eigenvalue weighted by Gasteiger charge is 2.09. The molecule has 4 heteroatoms. The maximum absolute atomic E-state index is 10.4. The van der Waals surface area contributed by atoms with E-state index < -0.39 is 5.97 Å². The topological polar surface area (TPSA) is 55.1 Å². The average molecular weight is 210 g/mol. The summed E-state index contributed by atoms with van der Waals surface area (Å²) in [6.07, 6.45) is 1.83. The number of rotatable bonds is 5. The summed E-state index contributed by atoms with van der Waals surface area (Å²) in [4.78, 5) is 10.4. The Morgan fingerprint density at radius 1 is 1.47 bits per heavy atom. The molecule has 1 heterocycles. The fourth-order valence-electron chi connectivity index (χ4n) is 1.84. The molecule has 0 atom stereocenters. The van der Waals surface area contributed by atoms with E-state index in [1.54, 1.807) is 0 Å². The van der Waals surface area contributed by atoms with Gasteiger partial charge in [-0.25, -0.2) is 0 Å². The molecule has 0 amide bonds. The Balaban J connectivity index is 2.65. The van der Waals surface area contributed by atoms with Crippen LogP contribution in [-0.2, 0) is 17.8 Å². The van der Waals surface area contributed by atoms with Crippen LogP contribution >= 0.6 is 0 Å². The lowest BCUT2D eigenvalue weighted by molar-refractivity contribution is -0.137. The van der Waals surface area contributed by atoms with Gasteiger partial charge >= 0.3 is 5.97 Å². The van der Waals surface area contributed by atoms with Crippen LogP contribution in [0.3, 0.4) is 0 Å². The van der Waals surface area contributed by atoms with Gasteiger partial charge in [0.2, 0.25) is 0 Å². The van der Waals surface area contributed by atoms with Gasteiger partial charge in [-0.05, 0) is 32.3 Å². The van der Waals surface area contributed by atoms with Crippen LogP contribution in [0.1, 0.15) is 36.7 Å². The van der Waals surface area contributed by atoms with Crippen molar-refractivity contribution in [2.75, 3.05) is 0 Å². The number of hydrogen-bond donors (Lipinski definition) is 1. The van der Waals surface area contributed by atoms with Crippen LogP contribution < -0.4 is 0 Å². The molecule has 0 aromatic carbocycles. The van der Waals surface area contributed by atoms with E-state index in [9.17, 15) is 4.79 Å². The third-order valence-corrected chi connectivity index (χ3v) is 2.65. The summed E-state index contributed by atoms with van der Waals surface area (Å²) in [5.74, 6) is -0.743. The molecule has 0 spiro atoms. The van der Waals surface area contributed by atoms with E-state index in [0.29, 0.717) is 13.0 Å². The molecule has 4 nitrogen and oxygen atoms in total. The van der Waals surface area contributed by atoms with Crippen LogP contribution in [0.25, 0.3) is 0 Å². The summed E-state index contributed by atoms with van der Waals surface area (Å²) in [7, 11) is 0. The zero-order valence-corrected chi connectivity index (χ0v) is 9.58. The third-order valence-electron chi connectivity index (χ3n) is 2.65. The highest BCUT2D eigenvalue weighted by atomic mass is 16.4. The molecule has 0 unspecified atom stereocenters. The van der Waals surface area contributed by atoms with Crippen molar-refractivity contribution < 1.29 is 9.90 Å². The molecule has 1 rings (SSSR count). The van der Waals surface area contributed by atoms with Gasteiger partial charge < -0.3 is 5.11 Å². The minimum absolute atomic E-state index is 0.208. The van der Waals surface area contributed by atoms with Crippen LogP contribution in [0.5, 0.6) is 0 Å². The molecule has 0 aliphatic carbocycles. The van der Waals surface area contributed by atoms with E-state index in [2.05, 4.69) is 12.0 Å².